The maximum atomic E-state index is 10.1. The van der Waals surface area contributed by atoms with Gasteiger partial charge in [-0.1, -0.05) is 56.6 Å². The van der Waals surface area contributed by atoms with Crippen molar-refractivity contribution in [3.8, 4) is 0 Å². The molecule has 3 aliphatic rings. The van der Waals surface area contributed by atoms with Gasteiger partial charge in [0.25, 0.3) is 0 Å². The monoisotopic (exact) mass is 459 g/mol. The van der Waals surface area contributed by atoms with Gasteiger partial charge < -0.3 is 20.3 Å². The molecule has 0 aliphatic heterocycles. The fourth-order valence-corrected chi connectivity index (χ4v) is 6.99. The molecule has 0 aromatic carbocycles. The predicted molar refractivity (Wildman–Crippen MR) is 137 cm³/mol. The lowest BCUT2D eigenvalue weighted by Crippen LogP contribution is -2.36. The van der Waals surface area contributed by atoms with Crippen molar-refractivity contribution in [3.63, 3.8) is 0 Å². The van der Waals surface area contributed by atoms with Crippen LogP contribution in [0, 0.1) is 23.2 Å². The molecule has 0 bridgehead atoms. The van der Waals surface area contributed by atoms with Gasteiger partial charge in [-0.25, -0.2) is 0 Å². The molecule has 0 aromatic heterocycles. The second-order valence-electron chi connectivity index (χ2n) is 11.8. The molecule has 0 amide bonds. The third-order valence-corrected chi connectivity index (χ3v) is 8.85. The van der Waals surface area contributed by atoms with Gasteiger partial charge in [0.15, 0.2) is 0 Å². The molecular weight excluding hydrogens is 410 g/mol. The maximum absolute atomic E-state index is 10.1. The zero-order valence-electron chi connectivity index (χ0n) is 21.7. The summed E-state index contributed by atoms with van der Waals surface area (Å²) in [7, 11) is 0. The van der Waals surface area contributed by atoms with E-state index < -0.39 is 5.60 Å². The smallest absolute Gasteiger partial charge is 0.148 e. The van der Waals surface area contributed by atoms with Gasteiger partial charge in [-0.05, 0) is 100 Å². The van der Waals surface area contributed by atoms with Crippen LogP contribution in [0.3, 0.4) is 0 Å². The summed E-state index contributed by atoms with van der Waals surface area (Å²) in [5.74, 6) is 2.24. The Labute approximate surface area is 202 Å². The number of allylic oxidation sites excluding steroid dienone is 4. The summed E-state index contributed by atoms with van der Waals surface area (Å²) in [6.07, 6.45) is 17.7. The standard InChI is InChI=1S/C29H49NO3/c1-21-10-13-25(33-20-32-19-30)18-24(21)12-11-23-9-7-17-29(5)26(14-15-27(23)29)22(2)8-6-16-28(3,4)31/h11-12,22,25-27,31H,1,6-10,13-20,30H2,2-5H3/t22-,25+,26-,27?,29-/m1/s1. The van der Waals surface area contributed by atoms with E-state index in [4.69, 9.17) is 15.2 Å². The summed E-state index contributed by atoms with van der Waals surface area (Å²) in [5, 5.41) is 10.1. The SMILES string of the molecule is C=C1CC[C@H](OCOCN)CC1=CC=C1CCC[C@@]2(C)C1CC[C@@H]2[C@H](C)CCCC(C)(C)O. The number of rotatable bonds is 10. The molecule has 0 heterocycles. The van der Waals surface area contributed by atoms with E-state index in [0.717, 1.165) is 43.9 Å². The topological polar surface area (TPSA) is 64.7 Å². The Balaban J connectivity index is 1.64. The highest BCUT2D eigenvalue weighted by Crippen LogP contribution is 2.60. The number of fused-ring (bicyclic) bond motifs is 1. The number of aliphatic hydroxyl groups is 1. The summed E-state index contributed by atoms with van der Waals surface area (Å²) in [5.41, 5.74) is 9.54. The van der Waals surface area contributed by atoms with E-state index >= 15 is 0 Å². The van der Waals surface area contributed by atoms with Gasteiger partial charge in [0.05, 0.1) is 18.4 Å². The van der Waals surface area contributed by atoms with Crippen LogP contribution in [0.1, 0.15) is 98.3 Å². The molecule has 188 valence electrons. The normalized spacial score (nSPS) is 34.1. The summed E-state index contributed by atoms with van der Waals surface area (Å²) in [6.45, 7) is 13.7. The van der Waals surface area contributed by atoms with Gasteiger partial charge in [0.1, 0.15) is 6.79 Å². The van der Waals surface area contributed by atoms with Crippen LogP contribution in [0.5, 0.6) is 0 Å². The minimum Gasteiger partial charge on any atom is -0.390 e. The largest absolute Gasteiger partial charge is 0.390 e. The van der Waals surface area contributed by atoms with Crippen molar-refractivity contribution >= 4 is 0 Å². The fourth-order valence-electron chi connectivity index (χ4n) is 6.99. The molecular formula is C29H49NO3. The van der Waals surface area contributed by atoms with Crippen molar-refractivity contribution in [2.75, 3.05) is 13.5 Å². The lowest BCUT2D eigenvalue weighted by molar-refractivity contribution is -0.0908. The molecule has 4 heteroatoms. The van der Waals surface area contributed by atoms with Crippen molar-refractivity contribution in [1.29, 1.82) is 0 Å². The van der Waals surface area contributed by atoms with E-state index in [1.807, 2.05) is 13.8 Å². The minimum atomic E-state index is -0.541. The Hall–Kier alpha value is -0.940. The summed E-state index contributed by atoms with van der Waals surface area (Å²) in [4.78, 5) is 0. The summed E-state index contributed by atoms with van der Waals surface area (Å²) in [6, 6.07) is 0. The number of nitrogens with two attached hydrogens (primary N) is 1. The lowest BCUT2D eigenvalue weighted by atomic mass is 9.60. The third kappa shape index (κ3) is 7.04. The van der Waals surface area contributed by atoms with Crippen LogP contribution < -0.4 is 5.73 Å². The molecule has 3 aliphatic carbocycles. The molecule has 0 radical (unpaired) electrons. The van der Waals surface area contributed by atoms with Crippen molar-refractivity contribution < 1.29 is 14.6 Å². The van der Waals surface area contributed by atoms with Gasteiger partial charge >= 0.3 is 0 Å². The van der Waals surface area contributed by atoms with Crippen LogP contribution in [-0.4, -0.2) is 30.3 Å². The minimum absolute atomic E-state index is 0.198. The van der Waals surface area contributed by atoms with Crippen LogP contribution in [-0.2, 0) is 9.47 Å². The van der Waals surface area contributed by atoms with Crippen LogP contribution in [0.4, 0.5) is 0 Å². The third-order valence-electron chi connectivity index (χ3n) is 8.85. The lowest BCUT2D eigenvalue weighted by Gasteiger charge is -2.44. The molecule has 0 aromatic rings. The molecule has 1 unspecified atom stereocenters. The Kier molecular flexibility index (Phi) is 9.42. The van der Waals surface area contributed by atoms with E-state index in [1.165, 1.54) is 49.7 Å². The number of hydrogen-bond donors (Lipinski definition) is 2. The van der Waals surface area contributed by atoms with Crippen LogP contribution >= 0.6 is 0 Å². The highest BCUT2D eigenvalue weighted by molar-refractivity contribution is 5.36. The summed E-state index contributed by atoms with van der Waals surface area (Å²) < 4.78 is 11.0. The Morgan fingerprint density at radius 2 is 2.03 bits per heavy atom. The molecule has 3 rings (SSSR count). The van der Waals surface area contributed by atoms with Gasteiger partial charge in [0.2, 0.25) is 0 Å². The van der Waals surface area contributed by atoms with E-state index in [1.54, 1.807) is 5.57 Å². The Bertz CT molecular complexity index is 719. The zero-order valence-corrected chi connectivity index (χ0v) is 21.7. The van der Waals surface area contributed by atoms with Crippen molar-refractivity contribution in [2.45, 2.75) is 110 Å². The molecule has 0 saturated heterocycles. The average Bonchev–Trinajstić information content (AvgIpc) is 3.10. The summed E-state index contributed by atoms with van der Waals surface area (Å²) >= 11 is 0. The van der Waals surface area contributed by atoms with E-state index in [9.17, 15) is 5.11 Å². The fraction of sp³-hybridized carbons (Fsp3) is 0.793. The molecule has 33 heavy (non-hydrogen) atoms. The van der Waals surface area contributed by atoms with Gasteiger partial charge in [-0.2, -0.15) is 0 Å². The first-order chi connectivity index (χ1) is 15.6. The van der Waals surface area contributed by atoms with E-state index in [2.05, 4.69) is 32.6 Å². The van der Waals surface area contributed by atoms with E-state index in [0.29, 0.717) is 11.3 Å². The highest BCUT2D eigenvalue weighted by Gasteiger charge is 2.50. The molecule has 5 atom stereocenters. The van der Waals surface area contributed by atoms with Gasteiger partial charge in [0, 0.05) is 0 Å². The predicted octanol–water partition coefficient (Wildman–Crippen LogP) is 6.65. The van der Waals surface area contributed by atoms with Crippen molar-refractivity contribution in [3.05, 3.63) is 35.5 Å². The highest BCUT2D eigenvalue weighted by atomic mass is 16.7. The molecule has 4 nitrogen and oxygen atoms in total. The van der Waals surface area contributed by atoms with Crippen LogP contribution in [0.15, 0.2) is 35.5 Å². The first-order valence-electron chi connectivity index (χ1n) is 13.3. The Morgan fingerprint density at radius 1 is 1.24 bits per heavy atom. The zero-order chi connectivity index (χ0) is 24.1. The van der Waals surface area contributed by atoms with Crippen LogP contribution in [0.2, 0.25) is 0 Å². The first kappa shape index (κ1) is 26.7. The molecule has 3 N–H and O–H groups in total. The first-order valence-corrected chi connectivity index (χ1v) is 13.3. The Morgan fingerprint density at radius 3 is 2.76 bits per heavy atom. The quantitative estimate of drug-likeness (QED) is 0.284. The average molecular weight is 460 g/mol. The molecule has 3 saturated carbocycles. The molecule has 3 fully saturated rings. The number of hydrogen-bond acceptors (Lipinski definition) is 4. The van der Waals surface area contributed by atoms with Crippen molar-refractivity contribution in [2.24, 2.45) is 28.9 Å². The van der Waals surface area contributed by atoms with Gasteiger partial charge in [-0.3, -0.25) is 0 Å². The number of ether oxygens (including phenoxy) is 2. The van der Waals surface area contributed by atoms with E-state index in [-0.39, 0.29) is 19.6 Å². The maximum Gasteiger partial charge on any atom is 0.148 e. The second kappa shape index (κ2) is 11.7. The second-order valence-corrected chi connectivity index (χ2v) is 11.8. The molecule has 0 spiro atoms. The van der Waals surface area contributed by atoms with Gasteiger partial charge in [-0.15, -0.1) is 0 Å². The van der Waals surface area contributed by atoms with Crippen molar-refractivity contribution in [1.82, 2.24) is 0 Å². The van der Waals surface area contributed by atoms with Crippen LogP contribution in [0.25, 0.3) is 0 Å².